The van der Waals surface area contributed by atoms with Gasteiger partial charge in [0.15, 0.2) is 5.78 Å². The summed E-state index contributed by atoms with van der Waals surface area (Å²) in [6.07, 6.45) is 1.60. The fourth-order valence-electron chi connectivity index (χ4n) is 4.83. The lowest BCUT2D eigenvalue weighted by Crippen LogP contribution is -2.47. The van der Waals surface area contributed by atoms with E-state index in [1.165, 1.54) is 18.2 Å². The van der Waals surface area contributed by atoms with Crippen LogP contribution in [0.3, 0.4) is 0 Å². The first kappa shape index (κ1) is 28.1. The number of carbonyl (C=O) groups excluding carboxylic acids is 2. The molecule has 1 heterocycles. The zero-order valence-corrected chi connectivity index (χ0v) is 23.5. The average molecular weight is 571 g/mol. The van der Waals surface area contributed by atoms with Crippen LogP contribution in [0.4, 0.5) is 5.69 Å². The van der Waals surface area contributed by atoms with E-state index in [0.717, 1.165) is 66.1 Å². The number of anilines is 1. The third-order valence-corrected chi connectivity index (χ3v) is 7.48. The molecule has 0 aliphatic carbocycles. The Labute approximate surface area is 243 Å². The molecule has 5 rings (SSSR count). The fourth-order valence-corrected chi connectivity index (χ4v) is 5.01. The minimum absolute atomic E-state index is 0.0819. The number of hydrazone groups is 1. The van der Waals surface area contributed by atoms with Gasteiger partial charge in [0.05, 0.1) is 11.2 Å². The number of ketones is 1. The number of Topliss-reactive ketones (excluding diaryl/α,β-unsaturated/α-hetero) is 1. The van der Waals surface area contributed by atoms with Crippen LogP contribution in [0, 0.1) is 0 Å². The summed E-state index contributed by atoms with van der Waals surface area (Å²) < 4.78 is 6.21. The quantitative estimate of drug-likeness (QED) is 0.160. The first-order valence-corrected chi connectivity index (χ1v) is 13.8. The summed E-state index contributed by atoms with van der Waals surface area (Å²) in [6.45, 7) is 6.70. The van der Waals surface area contributed by atoms with Crippen LogP contribution in [0.1, 0.15) is 33.2 Å². The van der Waals surface area contributed by atoms with E-state index in [0.29, 0.717) is 12.2 Å². The molecule has 4 aromatic carbocycles. The Kier molecular flexibility index (Phi) is 8.82. The molecule has 2 N–H and O–H groups in total. The van der Waals surface area contributed by atoms with Crippen LogP contribution in [0.2, 0.25) is 5.02 Å². The molecule has 0 spiro atoms. The van der Waals surface area contributed by atoms with Crippen molar-refractivity contribution in [3.8, 4) is 11.5 Å². The lowest BCUT2D eigenvalue weighted by atomic mass is 10.0. The second kappa shape index (κ2) is 12.8. The standard InChI is InChI=1S/C32H31ClN4O4/c1-22(38)23-6-10-26(11-7-23)37-16-14-36(15-17-37)18-19-41-31-13-9-25(27-4-2-3-5-28(27)31)21-34-35-32(40)24-8-12-30(39)29(33)20-24/h2-13,20-21,39H,14-19H2,1H3,(H,35,40)/b34-21+. The number of phenols is 1. The molecule has 9 heteroatoms. The number of piperazine rings is 1. The van der Waals surface area contributed by atoms with Gasteiger partial charge in [-0.05, 0) is 66.9 Å². The Bertz CT molecular complexity index is 1580. The van der Waals surface area contributed by atoms with Gasteiger partial charge in [0, 0.05) is 60.5 Å². The van der Waals surface area contributed by atoms with Crippen molar-refractivity contribution in [3.05, 3.63) is 101 Å². The Hall–Kier alpha value is -4.40. The molecule has 1 fully saturated rings. The van der Waals surface area contributed by atoms with Gasteiger partial charge in [-0.1, -0.05) is 35.9 Å². The molecular formula is C32H31ClN4O4. The van der Waals surface area contributed by atoms with Crippen LogP contribution in [0.25, 0.3) is 10.8 Å². The molecule has 0 saturated carbocycles. The molecule has 8 nitrogen and oxygen atoms in total. The Morgan fingerprint density at radius 3 is 2.37 bits per heavy atom. The number of nitrogens with zero attached hydrogens (tertiary/aromatic N) is 3. The van der Waals surface area contributed by atoms with E-state index in [2.05, 4.69) is 20.3 Å². The van der Waals surface area contributed by atoms with Gasteiger partial charge < -0.3 is 14.7 Å². The second-order valence-corrected chi connectivity index (χ2v) is 10.3. The van der Waals surface area contributed by atoms with Crippen molar-refractivity contribution in [1.82, 2.24) is 10.3 Å². The van der Waals surface area contributed by atoms with Crippen LogP contribution >= 0.6 is 11.6 Å². The molecule has 210 valence electrons. The summed E-state index contributed by atoms with van der Waals surface area (Å²) in [5.41, 5.74) is 5.51. The van der Waals surface area contributed by atoms with Gasteiger partial charge in [-0.15, -0.1) is 0 Å². The van der Waals surface area contributed by atoms with Crippen LogP contribution in [0.15, 0.2) is 84.0 Å². The summed E-state index contributed by atoms with van der Waals surface area (Å²) in [6, 6.07) is 23.8. The number of rotatable bonds is 9. The number of amides is 1. The highest BCUT2D eigenvalue weighted by Gasteiger charge is 2.17. The third kappa shape index (κ3) is 6.85. The van der Waals surface area contributed by atoms with Crippen molar-refractivity contribution in [3.63, 3.8) is 0 Å². The molecule has 4 aromatic rings. The molecule has 0 radical (unpaired) electrons. The minimum Gasteiger partial charge on any atom is -0.506 e. The first-order chi connectivity index (χ1) is 19.9. The molecule has 1 aliphatic heterocycles. The van der Waals surface area contributed by atoms with E-state index >= 15 is 0 Å². The molecule has 0 bridgehead atoms. The molecule has 1 aliphatic rings. The van der Waals surface area contributed by atoms with Crippen molar-refractivity contribution < 1.29 is 19.4 Å². The third-order valence-electron chi connectivity index (χ3n) is 7.17. The summed E-state index contributed by atoms with van der Waals surface area (Å²) in [5, 5.41) is 15.7. The van der Waals surface area contributed by atoms with E-state index < -0.39 is 5.91 Å². The molecule has 0 atom stereocenters. The highest BCUT2D eigenvalue weighted by Crippen LogP contribution is 2.28. The van der Waals surface area contributed by atoms with Crippen molar-refractivity contribution in [2.75, 3.05) is 44.2 Å². The second-order valence-electron chi connectivity index (χ2n) is 9.84. The Balaban J connectivity index is 1.15. The first-order valence-electron chi connectivity index (χ1n) is 13.4. The van der Waals surface area contributed by atoms with E-state index in [1.807, 2.05) is 60.7 Å². The van der Waals surface area contributed by atoms with Crippen molar-refractivity contribution in [1.29, 1.82) is 0 Å². The van der Waals surface area contributed by atoms with Gasteiger partial charge >= 0.3 is 0 Å². The van der Waals surface area contributed by atoms with E-state index in [1.54, 1.807) is 13.1 Å². The van der Waals surface area contributed by atoms with Gasteiger partial charge in [-0.25, -0.2) is 5.43 Å². The largest absolute Gasteiger partial charge is 0.506 e. The monoisotopic (exact) mass is 570 g/mol. The number of carbonyl (C=O) groups is 2. The summed E-state index contributed by atoms with van der Waals surface area (Å²) in [5.74, 6) is 0.361. The fraction of sp³-hybridized carbons (Fsp3) is 0.219. The zero-order chi connectivity index (χ0) is 28.8. The number of nitrogens with one attached hydrogen (secondary N) is 1. The SMILES string of the molecule is CC(=O)c1ccc(N2CCN(CCOc3ccc(/C=N/NC(=O)c4ccc(O)c(Cl)c4)c4ccccc34)CC2)cc1. The summed E-state index contributed by atoms with van der Waals surface area (Å²) in [7, 11) is 0. The number of phenolic OH excluding ortho intramolecular Hbond substituents is 1. The van der Waals surface area contributed by atoms with Crippen LogP contribution < -0.4 is 15.1 Å². The maximum absolute atomic E-state index is 12.4. The number of hydrogen-bond donors (Lipinski definition) is 2. The number of halogens is 1. The van der Waals surface area contributed by atoms with E-state index in [4.69, 9.17) is 16.3 Å². The summed E-state index contributed by atoms with van der Waals surface area (Å²) >= 11 is 5.90. The highest BCUT2D eigenvalue weighted by atomic mass is 35.5. The lowest BCUT2D eigenvalue weighted by molar-refractivity contribution is 0.0954. The average Bonchev–Trinajstić information content (AvgIpc) is 2.99. The molecule has 1 saturated heterocycles. The zero-order valence-electron chi connectivity index (χ0n) is 22.7. The molecule has 41 heavy (non-hydrogen) atoms. The maximum atomic E-state index is 12.4. The van der Waals surface area contributed by atoms with Gasteiger partial charge in [0.1, 0.15) is 18.1 Å². The smallest absolute Gasteiger partial charge is 0.271 e. The van der Waals surface area contributed by atoms with Crippen LogP contribution in [0.5, 0.6) is 11.5 Å². The number of ether oxygens (including phenoxy) is 1. The minimum atomic E-state index is -0.431. The Morgan fingerprint density at radius 2 is 1.66 bits per heavy atom. The Morgan fingerprint density at radius 1 is 0.951 bits per heavy atom. The number of fused-ring (bicyclic) bond motifs is 1. The maximum Gasteiger partial charge on any atom is 0.271 e. The predicted octanol–water partition coefficient (Wildman–Crippen LogP) is 5.37. The van der Waals surface area contributed by atoms with Crippen LogP contribution in [-0.2, 0) is 0 Å². The number of hydrogen-bond acceptors (Lipinski definition) is 7. The highest BCUT2D eigenvalue weighted by molar-refractivity contribution is 6.32. The predicted molar refractivity (Wildman–Crippen MR) is 163 cm³/mol. The van der Waals surface area contributed by atoms with Crippen molar-refractivity contribution in [2.24, 2.45) is 5.10 Å². The van der Waals surface area contributed by atoms with E-state index in [9.17, 15) is 14.7 Å². The van der Waals surface area contributed by atoms with Crippen molar-refractivity contribution in [2.45, 2.75) is 6.92 Å². The van der Waals surface area contributed by atoms with Gasteiger partial charge in [0.25, 0.3) is 5.91 Å². The van der Waals surface area contributed by atoms with Gasteiger partial charge in [-0.2, -0.15) is 5.10 Å². The van der Waals surface area contributed by atoms with Gasteiger partial charge in [-0.3, -0.25) is 14.5 Å². The van der Waals surface area contributed by atoms with E-state index in [-0.39, 0.29) is 16.6 Å². The topological polar surface area (TPSA) is 94.5 Å². The molecular weight excluding hydrogens is 540 g/mol. The number of benzene rings is 4. The van der Waals surface area contributed by atoms with Crippen LogP contribution in [-0.4, -0.2) is 67.2 Å². The number of aromatic hydroxyl groups is 1. The lowest BCUT2D eigenvalue weighted by Gasteiger charge is -2.36. The van der Waals surface area contributed by atoms with Crippen molar-refractivity contribution >= 4 is 46.0 Å². The molecule has 0 unspecified atom stereocenters. The van der Waals surface area contributed by atoms with Gasteiger partial charge in [0.2, 0.25) is 0 Å². The molecule has 1 amide bonds. The normalized spacial score (nSPS) is 14.0. The summed E-state index contributed by atoms with van der Waals surface area (Å²) in [4.78, 5) is 28.7. The molecule has 0 aromatic heterocycles.